The van der Waals surface area contributed by atoms with E-state index in [0.29, 0.717) is 23.9 Å². The fourth-order valence-electron chi connectivity index (χ4n) is 1.52. The molecule has 2 rings (SSSR count). The van der Waals surface area contributed by atoms with Crippen molar-refractivity contribution < 1.29 is 14.3 Å². The molecule has 1 amide bonds. The summed E-state index contributed by atoms with van der Waals surface area (Å²) in [5.41, 5.74) is 0.774. The number of amides is 1. The largest absolute Gasteiger partial charge is 0.396 e. The van der Waals surface area contributed by atoms with E-state index in [4.69, 9.17) is 5.11 Å². The molecule has 0 atom stereocenters. The van der Waals surface area contributed by atoms with E-state index in [2.05, 4.69) is 15.5 Å². The van der Waals surface area contributed by atoms with E-state index in [1.54, 1.807) is 0 Å². The van der Waals surface area contributed by atoms with E-state index in [1.165, 1.54) is 18.2 Å². The molecule has 0 fully saturated rings. The van der Waals surface area contributed by atoms with Gasteiger partial charge >= 0.3 is 0 Å². The normalized spacial score (nSPS) is 10.7. The number of halogens is 1. The Bertz CT molecular complexity index is 538. The molecule has 17 heavy (non-hydrogen) atoms. The lowest BCUT2D eigenvalue weighted by Gasteiger charge is -2.01. The topological polar surface area (TPSA) is 78.0 Å². The quantitative estimate of drug-likeness (QED) is 0.689. The minimum Gasteiger partial charge on any atom is -0.396 e. The van der Waals surface area contributed by atoms with Crippen LogP contribution in [0.15, 0.2) is 18.2 Å². The average molecular weight is 237 g/mol. The average Bonchev–Trinajstić information content (AvgIpc) is 2.72. The van der Waals surface area contributed by atoms with Crippen molar-refractivity contribution in [3.63, 3.8) is 0 Å². The van der Waals surface area contributed by atoms with Gasteiger partial charge in [-0.3, -0.25) is 9.89 Å². The number of nitrogens with one attached hydrogen (secondary N) is 2. The lowest BCUT2D eigenvalue weighted by Crippen LogP contribution is -2.25. The van der Waals surface area contributed by atoms with Crippen molar-refractivity contribution >= 4 is 16.8 Å². The van der Waals surface area contributed by atoms with Gasteiger partial charge < -0.3 is 10.4 Å². The smallest absolute Gasteiger partial charge is 0.272 e. The number of nitrogens with zero attached hydrogens (tertiary/aromatic N) is 1. The Labute approximate surface area is 96.6 Å². The fourth-order valence-corrected chi connectivity index (χ4v) is 1.52. The molecule has 0 spiro atoms. The summed E-state index contributed by atoms with van der Waals surface area (Å²) in [6, 6.07) is 4.09. The Balaban J connectivity index is 2.23. The molecule has 1 aromatic carbocycles. The van der Waals surface area contributed by atoms with Crippen molar-refractivity contribution in [3.05, 3.63) is 29.7 Å². The molecule has 90 valence electrons. The number of hydrogen-bond acceptors (Lipinski definition) is 3. The van der Waals surface area contributed by atoms with Crippen LogP contribution in [-0.4, -0.2) is 34.4 Å². The summed E-state index contributed by atoms with van der Waals surface area (Å²) >= 11 is 0. The first-order chi connectivity index (χ1) is 8.22. The van der Waals surface area contributed by atoms with Gasteiger partial charge in [0.1, 0.15) is 5.82 Å². The van der Waals surface area contributed by atoms with Crippen molar-refractivity contribution in [2.45, 2.75) is 6.42 Å². The Morgan fingerprint density at radius 1 is 1.53 bits per heavy atom. The highest BCUT2D eigenvalue weighted by molar-refractivity contribution is 6.04. The zero-order valence-electron chi connectivity index (χ0n) is 9.03. The van der Waals surface area contributed by atoms with Gasteiger partial charge in [-0.1, -0.05) is 0 Å². The number of carbonyl (C=O) groups excluding carboxylic acids is 1. The number of H-pyrrole nitrogens is 1. The van der Waals surface area contributed by atoms with E-state index < -0.39 is 5.82 Å². The molecule has 5 nitrogen and oxygen atoms in total. The molecule has 1 heterocycles. The molecule has 0 aliphatic heterocycles. The number of carbonyl (C=O) groups is 1. The molecular weight excluding hydrogens is 225 g/mol. The molecular formula is C11H12FN3O2. The molecule has 0 radical (unpaired) electrons. The first-order valence-corrected chi connectivity index (χ1v) is 5.25. The maximum Gasteiger partial charge on any atom is 0.272 e. The van der Waals surface area contributed by atoms with Gasteiger partial charge in [-0.15, -0.1) is 0 Å². The molecule has 0 saturated heterocycles. The van der Waals surface area contributed by atoms with Gasteiger partial charge in [-0.05, 0) is 24.6 Å². The van der Waals surface area contributed by atoms with Crippen LogP contribution in [0.2, 0.25) is 0 Å². The molecule has 0 aliphatic carbocycles. The van der Waals surface area contributed by atoms with Crippen LogP contribution in [0.4, 0.5) is 4.39 Å². The number of aromatic amines is 1. The number of rotatable bonds is 4. The first kappa shape index (κ1) is 11.5. The summed E-state index contributed by atoms with van der Waals surface area (Å²) in [5.74, 6) is -0.793. The number of fused-ring (bicyclic) bond motifs is 1. The van der Waals surface area contributed by atoms with Gasteiger partial charge in [0.2, 0.25) is 0 Å². The first-order valence-electron chi connectivity index (χ1n) is 5.25. The summed E-state index contributed by atoms with van der Waals surface area (Å²) in [7, 11) is 0. The van der Waals surface area contributed by atoms with Crippen LogP contribution >= 0.6 is 0 Å². The molecule has 0 bridgehead atoms. The third-order valence-corrected chi connectivity index (χ3v) is 2.36. The van der Waals surface area contributed by atoms with Gasteiger partial charge in [-0.25, -0.2) is 4.39 Å². The number of benzene rings is 1. The second-order valence-corrected chi connectivity index (χ2v) is 3.60. The van der Waals surface area contributed by atoms with E-state index in [9.17, 15) is 9.18 Å². The van der Waals surface area contributed by atoms with Gasteiger partial charge in [0, 0.05) is 18.5 Å². The highest BCUT2D eigenvalue weighted by atomic mass is 19.1. The Kier molecular flexibility index (Phi) is 3.34. The fraction of sp³-hybridized carbons (Fsp3) is 0.273. The second kappa shape index (κ2) is 4.92. The van der Waals surface area contributed by atoms with E-state index >= 15 is 0 Å². The van der Waals surface area contributed by atoms with Crippen LogP contribution in [0.3, 0.4) is 0 Å². The lowest BCUT2D eigenvalue weighted by molar-refractivity contribution is 0.0948. The highest BCUT2D eigenvalue weighted by Gasteiger charge is 2.13. The SMILES string of the molecule is O=C(NCCCO)c1n[nH]c2ccc(F)cc12. The van der Waals surface area contributed by atoms with Gasteiger partial charge in [0.05, 0.1) is 5.52 Å². The second-order valence-electron chi connectivity index (χ2n) is 3.60. The Morgan fingerprint density at radius 3 is 3.12 bits per heavy atom. The third kappa shape index (κ3) is 2.42. The maximum atomic E-state index is 13.1. The minimum absolute atomic E-state index is 0.0101. The predicted octanol–water partition coefficient (Wildman–Crippen LogP) is 0.814. The van der Waals surface area contributed by atoms with Crippen LogP contribution in [0.1, 0.15) is 16.9 Å². The zero-order chi connectivity index (χ0) is 12.3. The lowest BCUT2D eigenvalue weighted by atomic mass is 10.2. The van der Waals surface area contributed by atoms with Crippen LogP contribution in [0.5, 0.6) is 0 Å². The minimum atomic E-state index is -0.414. The molecule has 0 aliphatic rings. The molecule has 3 N–H and O–H groups in total. The third-order valence-electron chi connectivity index (χ3n) is 2.36. The zero-order valence-corrected chi connectivity index (χ0v) is 9.03. The summed E-state index contributed by atoms with van der Waals surface area (Å²) in [5, 5.41) is 18.1. The van der Waals surface area contributed by atoms with Gasteiger partial charge in [-0.2, -0.15) is 5.10 Å². The number of aliphatic hydroxyl groups is 1. The van der Waals surface area contributed by atoms with Crippen LogP contribution in [-0.2, 0) is 0 Å². The number of aliphatic hydroxyl groups excluding tert-OH is 1. The van der Waals surface area contributed by atoms with Crippen LogP contribution in [0, 0.1) is 5.82 Å². The predicted molar refractivity (Wildman–Crippen MR) is 60.1 cm³/mol. The molecule has 0 saturated carbocycles. The van der Waals surface area contributed by atoms with Crippen molar-refractivity contribution in [2.24, 2.45) is 0 Å². The Hall–Kier alpha value is -1.95. The van der Waals surface area contributed by atoms with Crippen molar-refractivity contribution in [3.8, 4) is 0 Å². The summed E-state index contributed by atoms with van der Waals surface area (Å²) in [4.78, 5) is 11.7. The number of hydrogen-bond donors (Lipinski definition) is 3. The van der Waals surface area contributed by atoms with Gasteiger partial charge in [0.15, 0.2) is 5.69 Å². The van der Waals surface area contributed by atoms with Crippen LogP contribution in [0.25, 0.3) is 10.9 Å². The highest BCUT2D eigenvalue weighted by Crippen LogP contribution is 2.16. The summed E-state index contributed by atoms with van der Waals surface area (Å²) in [6.45, 7) is 0.370. The van der Waals surface area contributed by atoms with E-state index in [0.717, 1.165) is 0 Å². The Morgan fingerprint density at radius 2 is 2.35 bits per heavy atom. The van der Waals surface area contributed by atoms with E-state index in [1.807, 2.05) is 0 Å². The standard InChI is InChI=1S/C11H12FN3O2/c12-7-2-3-9-8(6-7)10(15-14-9)11(17)13-4-1-5-16/h2-3,6,16H,1,4-5H2,(H,13,17)(H,14,15). The van der Waals surface area contributed by atoms with Gasteiger partial charge in [0.25, 0.3) is 5.91 Å². The maximum absolute atomic E-state index is 13.1. The van der Waals surface area contributed by atoms with Crippen LogP contribution < -0.4 is 5.32 Å². The summed E-state index contributed by atoms with van der Waals surface area (Å²) < 4.78 is 13.1. The monoisotopic (exact) mass is 237 g/mol. The van der Waals surface area contributed by atoms with Crippen molar-refractivity contribution in [2.75, 3.05) is 13.2 Å². The summed E-state index contributed by atoms with van der Waals surface area (Å²) in [6.07, 6.45) is 0.475. The molecule has 0 unspecified atom stereocenters. The van der Waals surface area contributed by atoms with E-state index in [-0.39, 0.29) is 18.2 Å². The van der Waals surface area contributed by atoms with Crippen molar-refractivity contribution in [1.29, 1.82) is 0 Å². The van der Waals surface area contributed by atoms with Crippen molar-refractivity contribution in [1.82, 2.24) is 15.5 Å². The molecule has 2 aromatic rings. The molecule has 6 heteroatoms. The molecule has 1 aromatic heterocycles. The number of aromatic nitrogens is 2.